The van der Waals surface area contributed by atoms with E-state index in [1.54, 1.807) is 6.92 Å². The number of aromatic amines is 1. The lowest BCUT2D eigenvalue weighted by Gasteiger charge is -2.25. The number of H-pyrrole nitrogens is 1. The van der Waals surface area contributed by atoms with Gasteiger partial charge in [-0.2, -0.15) is 0 Å². The Labute approximate surface area is 159 Å². The number of morpholine rings is 1. The zero-order valence-electron chi connectivity index (χ0n) is 15.4. The van der Waals surface area contributed by atoms with E-state index >= 15 is 0 Å². The third-order valence-electron chi connectivity index (χ3n) is 4.73. The van der Waals surface area contributed by atoms with E-state index in [1.807, 2.05) is 4.90 Å². The van der Waals surface area contributed by atoms with E-state index in [9.17, 15) is 14.4 Å². The molecule has 0 radical (unpaired) electrons. The van der Waals surface area contributed by atoms with Crippen molar-refractivity contribution >= 4 is 5.97 Å². The van der Waals surface area contributed by atoms with Crippen molar-refractivity contribution in [1.29, 1.82) is 0 Å². The minimum Gasteiger partial charge on any atom is -0.462 e. The van der Waals surface area contributed by atoms with Crippen LogP contribution in [-0.2, 0) is 19.0 Å². The molecule has 0 aliphatic carbocycles. The van der Waals surface area contributed by atoms with E-state index in [-0.39, 0.29) is 19.6 Å². The van der Waals surface area contributed by atoms with Crippen LogP contribution in [0.3, 0.4) is 0 Å². The Balaban J connectivity index is 1.63. The molecule has 0 saturated carbocycles. The van der Waals surface area contributed by atoms with Crippen LogP contribution in [0, 0.1) is 6.92 Å². The molecule has 3 rings (SSSR count). The third kappa shape index (κ3) is 4.78. The van der Waals surface area contributed by atoms with Crippen molar-refractivity contribution in [3.8, 4) is 0 Å². The van der Waals surface area contributed by atoms with Gasteiger partial charge in [-0.25, -0.2) is 4.79 Å². The van der Waals surface area contributed by atoms with E-state index in [2.05, 4.69) is 15.0 Å². The summed E-state index contributed by atoms with van der Waals surface area (Å²) >= 11 is 0. The summed E-state index contributed by atoms with van der Waals surface area (Å²) in [5.41, 5.74) is 8.05. The van der Waals surface area contributed by atoms with Gasteiger partial charge >= 0.3 is 11.7 Å². The maximum atomic E-state index is 12.1. The van der Waals surface area contributed by atoms with Gasteiger partial charge in [0.05, 0.1) is 25.8 Å². The van der Waals surface area contributed by atoms with E-state index in [0.717, 1.165) is 0 Å². The smallest absolute Gasteiger partial charge is 0.330 e. The number of carbonyl (C=O) groups is 1. The number of carbonyl (C=O) groups excluding carboxylic acids is 1. The van der Waals surface area contributed by atoms with Gasteiger partial charge in [0, 0.05) is 36.2 Å². The van der Waals surface area contributed by atoms with Crippen LogP contribution < -0.4 is 11.2 Å². The molecule has 0 amide bonds. The molecule has 152 valence electrons. The van der Waals surface area contributed by atoms with Crippen LogP contribution in [0.4, 0.5) is 0 Å². The fraction of sp³-hybridized carbons (Fsp3) is 0.688. The summed E-state index contributed by atoms with van der Waals surface area (Å²) in [6, 6.07) is -0.606. The second-order valence-electron chi connectivity index (χ2n) is 6.69. The van der Waals surface area contributed by atoms with Crippen molar-refractivity contribution in [3.63, 3.8) is 0 Å². The molecule has 12 nitrogen and oxygen atoms in total. The van der Waals surface area contributed by atoms with Crippen LogP contribution in [0.15, 0.2) is 20.9 Å². The Morgan fingerprint density at radius 2 is 2.18 bits per heavy atom. The van der Waals surface area contributed by atoms with Gasteiger partial charge in [-0.05, 0) is 12.5 Å². The Morgan fingerprint density at radius 3 is 2.89 bits per heavy atom. The highest BCUT2D eigenvalue weighted by Crippen LogP contribution is 2.30. The predicted octanol–water partition coefficient (Wildman–Crippen LogP) is -0.313. The van der Waals surface area contributed by atoms with Crippen LogP contribution in [0.25, 0.3) is 10.4 Å². The van der Waals surface area contributed by atoms with Crippen molar-refractivity contribution in [2.75, 3.05) is 39.5 Å². The molecule has 2 fully saturated rings. The number of rotatable bonds is 6. The van der Waals surface area contributed by atoms with Gasteiger partial charge in [-0.15, -0.1) is 0 Å². The van der Waals surface area contributed by atoms with Gasteiger partial charge in [-0.3, -0.25) is 24.0 Å². The Hall–Kier alpha value is -2.66. The van der Waals surface area contributed by atoms with Gasteiger partial charge in [0.1, 0.15) is 18.9 Å². The van der Waals surface area contributed by atoms with Crippen LogP contribution in [0.2, 0.25) is 0 Å². The van der Waals surface area contributed by atoms with E-state index in [4.69, 9.17) is 19.7 Å². The van der Waals surface area contributed by atoms with Gasteiger partial charge in [-0.1, -0.05) is 5.11 Å². The predicted molar refractivity (Wildman–Crippen MR) is 95.7 cm³/mol. The average molecular weight is 394 g/mol. The highest BCUT2D eigenvalue weighted by molar-refractivity contribution is 5.71. The molecule has 1 aromatic rings. The molecule has 0 bridgehead atoms. The van der Waals surface area contributed by atoms with Gasteiger partial charge in [0.15, 0.2) is 0 Å². The topological polar surface area (TPSA) is 152 Å². The first-order valence-corrected chi connectivity index (χ1v) is 8.95. The number of azide groups is 1. The average Bonchev–Trinajstić information content (AvgIpc) is 3.07. The summed E-state index contributed by atoms with van der Waals surface area (Å²) in [4.78, 5) is 42.6. The first kappa shape index (κ1) is 20.1. The van der Waals surface area contributed by atoms with Gasteiger partial charge in [0.25, 0.3) is 5.56 Å². The maximum Gasteiger partial charge on any atom is 0.330 e. The molecular formula is C16H22N6O6. The number of nitrogens with one attached hydrogen (secondary N) is 1. The monoisotopic (exact) mass is 394 g/mol. The number of hydrogen-bond acceptors (Lipinski definition) is 8. The quantitative estimate of drug-likeness (QED) is 0.300. The summed E-state index contributed by atoms with van der Waals surface area (Å²) in [7, 11) is 0. The van der Waals surface area contributed by atoms with Gasteiger partial charge in [0.2, 0.25) is 0 Å². The summed E-state index contributed by atoms with van der Waals surface area (Å²) in [5.74, 6) is -0.411. The summed E-state index contributed by atoms with van der Waals surface area (Å²) in [6.07, 6.45) is 0.197. The second kappa shape index (κ2) is 9.02. The fourth-order valence-electron chi connectivity index (χ4n) is 3.19. The van der Waals surface area contributed by atoms with Crippen molar-refractivity contribution in [1.82, 2.24) is 14.5 Å². The molecule has 1 N–H and O–H groups in total. The second-order valence-corrected chi connectivity index (χ2v) is 6.69. The maximum absolute atomic E-state index is 12.1. The lowest BCUT2D eigenvalue weighted by atomic mass is 10.1. The fourth-order valence-corrected chi connectivity index (χ4v) is 3.19. The van der Waals surface area contributed by atoms with Crippen LogP contribution in [0.5, 0.6) is 0 Å². The third-order valence-corrected chi connectivity index (χ3v) is 4.73. The molecular weight excluding hydrogens is 372 g/mol. The van der Waals surface area contributed by atoms with Crippen molar-refractivity contribution in [2.45, 2.75) is 31.7 Å². The minimum atomic E-state index is -0.735. The van der Waals surface area contributed by atoms with E-state index in [0.29, 0.717) is 31.9 Å². The number of aromatic nitrogens is 2. The highest BCUT2D eigenvalue weighted by atomic mass is 16.6. The molecule has 0 spiro atoms. The lowest BCUT2D eigenvalue weighted by Crippen LogP contribution is -2.40. The zero-order chi connectivity index (χ0) is 20.1. The summed E-state index contributed by atoms with van der Waals surface area (Å²) < 4.78 is 17.6. The molecule has 3 heterocycles. The van der Waals surface area contributed by atoms with Crippen LogP contribution in [0.1, 0.15) is 18.2 Å². The van der Waals surface area contributed by atoms with Crippen molar-refractivity contribution in [2.24, 2.45) is 5.11 Å². The molecule has 1 aromatic heterocycles. The molecule has 2 aliphatic rings. The standard InChI is InChI=1S/C16H22N6O6/c1-10-7-22(16(25)18-15(10)24)13-6-11(19-20-17)12(28-13)9-27-14(23)8-21-2-4-26-5-3-21/h7,11-13H,2-6,8-9H2,1H3,(H,18,24,25)/t11?,12-,13-/m1/s1. The number of hydrogen-bond donors (Lipinski definition) is 1. The Morgan fingerprint density at radius 1 is 1.43 bits per heavy atom. The first-order valence-electron chi connectivity index (χ1n) is 8.95. The number of ether oxygens (including phenoxy) is 3. The molecule has 2 saturated heterocycles. The van der Waals surface area contributed by atoms with Crippen molar-refractivity contribution in [3.05, 3.63) is 43.0 Å². The van der Waals surface area contributed by atoms with Crippen LogP contribution >= 0.6 is 0 Å². The molecule has 0 aromatic carbocycles. The molecule has 3 atom stereocenters. The van der Waals surface area contributed by atoms with Gasteiger partial charge < -0.3 is 14.2 Å². The molecule has 1 unspecified atom stereocenters. The largest absolute Gasteiger partial charge is 0.462 e. The van der Waals surface area contributed by atoms with Crippen LogP contribution in [-0.4, -0.2) is 72.0 Å². The number of nitrogens with zero attached hydrogens (tertiary/aromatic N) is 5. The zero-order valence-corrected chi connectivity index (χ0v) is 15.4. The Bertz CT molecular complexity index is 869. The SMILES string of the molecule is Cc1cn([C@H]2CC(N=[N+]=[N-])[C@@H](COC(=O)CN3CCOCC3)O2)c(=O)[nH]c1=O. The number of esters is 1. The van der Waals surface area contributed by atoms with Crippen molar-refractivity contribution < 1.29 is 19.0 Å². The molecule has 2 aliphatic heterocycles. The number of aryl methyl sites for hydroxylation is 1. The normalized spacial score (nSPS) is 25.2. The first-order chi connectivity index (χ1) is 13.5. The summed E-state index contributed by atoms with van der Waals surface area (Å²) in [6.45, 7) is 4.09. The minimum absolute atomic E-state index is 0.0968. The summed E-state index contributed by atoms with van der Waals surface area (Å²) in [5, 5.41) is 3.69. The Kier molecular flexibility index (Phi) is 6.47. The molecule has 28 heavy (non-hydrogen) atoms. The van der Waals surface area contributed by atoms with E-state index in [1.165, 1.54) is 10.8 Å². The van der Waals surface area contributed by atoms with E-state index < -0.39 is 35.6 Å². The lowest BCUT2D eigenvalue weighted by molar-refractivity contribution is -0.150. The molecule has 12 heteroatoms. The highest BCUT2D eigenvalue weighted by Gasteiger charge is 2.37.